The van der Waals surface area contributed by atoms with Crippen molar-refractivity contribution in [2.75, 3.05) is 13.1 Å². The van der Waals surface area contributed by atoms with Crippen molar-refractivity contribution in [1.82, 2.24) is 4.90 Å². The van der Waals surface area contributed by atoms with Crippen LogP contribution < -0.4 is 0 Å². The SMILES string of the molecule is CC(C)(C)OC(=O)N1CCC(/C=C2\OC(=O)c3ccc(Br)cc32)CC1. The third-order valence-electron chi connectivity index (χ3n) is 4.25. The van der Waals surface area contributed by atoms with Gasteiger partial charge < -0.3 is 14.4 Å². The topological polar surface area (TPSA) is 55.8 Å². The van der Waals surface area contributed by atoms with Gasteiger partial charge in [0.15, 0.2) is 0 Å². The first kappa shape index (κ1) is 18.0. The van der Waals surface area contributed by atoms with Gasteiger partial charge in [0, 0.05) is 23.1 Å². The first-order valence-corrected chi connectivity index (χ1v) is 9.24. The van der Waals surface area contributed by atoms with E-state index in [-0.39, 0.29) is 18.0 Å². The Hall–Kier alpha value is -1.82. The summed E-state index contributed by atoms with van der Waals surface area (Å²) in [6.07, 6.45) is 3.40. The maximum absolute atomic E-state index is 12.1. The number of cyclic esters (lactones) is 1. The number of allylic oxidation sites excluding steroid dienone is 1. The standard InChI is InChI=1S/C19H22BrNO4/c1-19(2,3)25-18(23)21-8-6-12(7-9-21)10-16-15-11-13(20)4-5-14(15)17(22)24-16/h4-5,10-12H,6-9H2,1-3H3/b16-10-. The fourth-order valence-corrected chi connectivity index (χ4v) is 3.38. The predicted octanol–water partition coefficient (Wildman–Crippen LogP) is 4.61. The highest BCUT2D eigenvalue weighted by molar-refractivity contribution is 9.10. The number of ether oxygens (including phenoxy) is 2. The number of rotatable bonds is 1. The molecule has 0 aromatic heterocycles. The largest absolute Gasteiger partial charge is 0.444 e. The second kappa shape index (κ2) is 6.83. The van der Waals surface area contributed by atoms with Gasteiger partial charge in [0.05, 0.1) is 5.56 Å². The van der Waals surface area contributed by atoms with Crippen molar-refractivity contribution in [3.05, 3.63) is 39.9 Å². The molecule has 5 nitrogen and oxygen atoms in total. The molecule has 6 heteroatoms. The van der Waals surface area contributed by atoms with Gasteiger partial charge in [-0.3, -0.25) is 0 Å². The molecular weight excluding hydrogens is 386 g/mol. The molecule has 0 unspecified atom stereocenters. The van der Waals surface area contributed by atoms with Gasteiger partial charge >= 0.3 is 12.1 Å². The zero-order chi connectivity index (χ0) is 18.2. The number of likely N-dealkylation sites (tertiary alicyclic amines) is 1. The quantitative estimate of drug-likeness (QED) is 0.637. The monoisotopic (exact) mass is 407 g/mol. The molecule has 0 spiro atoms. The molecule has 1 amide bonds. The van der Waals surface area contributed by atoms with Gasteiger partial charge in [-0.15, -0.1) is 0 Å². The van der Waals surface area contributed by atoms with E-state index in [2.05, 4.69) is 15.9 Å². The van der Waals surface area contributed by atoms with Gasteiger partial charge in [0.25, 0.3) is 0 Å². The molecule has 1 saturated heterocycles. The van der Waals surface area contributed by atoms with E-state index in [4.69, 9.17) is 9.47 Å². The van der Waals surface area contributed by atoms with Crippen molar-refractivity contribution in [2.24, 2.45) is 5.92 Å². The van der Waals surface area contributed by atoms with Crippen molar-refractivity contribution in [3.8, 4) is 0 Å². The molecule has 0 bridgehead atoms. The molecule has 25 heavy (non-hydrogen) atoms. The zero-order valence-electron chi connectivity index (χ0n) is 14.7. The number of benzene rings is 1. The molecule has 0 aliphatic carbocycles. The smallest absolute Gasteiger partial charge is 0.410 e. The summed E-state index contributed by atoms with van der Waals surface area (Å²) in [6.45, 7) is 6.88. The summed E-state index contributed by atoms with van der Waals surface area (Å²) in [7, 11) is 0. The molecule has 3 rings (SSSR count). The molecular formula is C19H22BrNO4. The zero-order valence-corrected chi connectivity index (χ0v) is 16.3. The van der Waals surface area contributed by atoms with Gasteiger partial charge in [-0.05, 0) is 63.8 Å². The molecule has 134 valence electrons. The molecule has 1 fully saturated rings. The molecule has 1 aromatic rings. The highest BCUT2D eigenvalue weighted by Gasteiger charge is 2.30. The minimum absolute atomic E-state index is 0.264. The number of amides is 1. The Morgan fingerprint density at radius 2 is 1.96 bits per heavy atom. The number of piperidine rings is 1. The highest BCUT2D eigenvalue weighted by atomic mass is 79.9. The third-order valence-corrected chi connectivity index (χ3v) is 4.74. The Bertz CT molecular complexity index is 727. The van der Waals surface area contributed by atoms with E-state index in [0.717, 1.165) is 22.9 Å². The van der Waals surface area contributed by atoms with Gasteiger partial charge in [-0.25, -0.2) is 9.59 Å². The van der Waals surface area contributed by atoms with E-state index < -0.39 is 5.60 Å². The molecule has 2 heterocycles. The lowest BCUT2D eigenvalue weighted by Crippen LogP contribution is -2.41. The van der Waals surface area contributed by atoms with E-state index in [9.17, 15) is 9.59 Å². The second-order valence-corrected chi connectivity index (χ2v) is 8.33. The van der Waals surface area contributed by atoms with E-state index in [0.29, 0.717) is 24.4 Å². The Morgan fingerprint density at radius 1 is 1.28 bits per heavy atom. The summed E-state index contributed by atoms with van der Waals surface area (Å²) >= 11 is 3.43. The van der Waals surface area contributed by atoms with Crippen molar-refractivity contribution < 1.29 is 19.1 Å². The number of carbonyl (C=O) groups is 2. The van der Waals surface area contributed by atoms with Crippen LogP contribution in [0.25, 0.3) is 5.76 Å². The summed E-state index contributed by atoms with van der Waals surface area (Å²) in [5.74, 6) is 0.586. The lowest BCUT2D eigenvalue weighted by atomic mass is 9.95. The van der Waals surface area contributed by atoms with Gasteiger partial charge in [0.1, 0.15) is 11.4 Å². The highest BCUT2D eigenvalue weighted by Crippen LogP contribution is 2.34. The van der Waals surface area contributed by atoms with Crippen LogP contribution in [0.4, 0.5) is 4.79 Å². The van der Waals surface area contributed by atoms with E-state index in [1.165, 1.54) is 0 Å². The summed E-state index contributed by atoms with van der Waals surface area (Å²) in [5.41, 5.74) is 0.944. The Morgan fingerprint density at radius 3 is 2.60 bits per heavy atom. The number of fused-ring (bicyclic) bond motifs is 1. The first-order valence-electron chi connectivity index (χ1n) is 8.45. The molecule has 0 radical (unpaired) electrons. The number of halogens is 1. The number of esters is 1. The van der Waals surface area contributed by atoms with Crippen molar-refractivity contribution >= 4 is 33.8 Å². The van der Waals surface area contributed by atoms with E-state index >= 15 is 0 Å². The number of hydrogen-bond donors (Lipinski definition) is 0. The first-order chi connectivity index (χ1) is 11.7. The average Bonchev–Trinajstić information content (AvgIpc) is 2.82. The van der Waals surface area contributed by atoms with Gasteiger partial charge in [-0.1, -0.05) is 15.9 Å². The summed E-state index contributed by atoms with van der Waals surface area (Å²) in [6, 6.07) is 5.51. The van der Waals surface area contributed by atoms with Crippen LogP contribution in [0.1, 0.15) is 49.5 Å². The van der Waals surface area contributed by atoms with Crippen molar-refractivity contribution in [2.45, 2.75) is 39.2 Å². The number of nitrogens with zero attached hydrogens (tertiary/aromatic N) is 1. The van der Waals surface area contributed by atoms with Crippen LogP contribution in [0.3, 0.4) is 0 Å². The van der Waals surface area contributed by atoms with Crippen molar-refractivity contribution in [1.29, 1.82) is 0 Å². The van der Waals surface area contributed by atoms with Gasteiger partial charge in [0.2, 0.25) is 0 Å². The Kier molecular flexibility index (Phi) is 4.91. The minimum Gasteiger partial charge on any atom is -0.444 e. The fourth-order valence-electron chi connectivity index (χ4n) is 3.02. The maximum Gasteiger partial charge on any atom is 0.410 e. The maximum atomic E-state index is 12.1. The third kappa shape index (κ3) is 4.24. The van der Waals surface area contributed by atoms with Crippen LogP contribution in [-0.2, 0) is 9.47 Å². The average molecular weight is 408 g/mol. The van der Waals surface area contributed by atoms with Crippen LogP contribution in [0, 0.1) is 5.92 Å². The van der Waals surface area contributed by atoms with Crippen LogP contribution in [-0.4, -0.2) is 35.7 Å². The Balaban J connectivity index is 1.65. The summed E-state index contributed by atoms with van der Waals surface area (Å²) < 4.78 is 11.8. The van der Waals surface area contributed by atoms with Crippen LogP contribution in [0.2, 0.25) is 0 Å². The summed E-state index contributed by atoms with van der Waals surface area (Å²) in [5, 5.41) is 0. The number of hydrogen-bond acceptors (Lipinski definition) is 4. The van der Waals surface area contributed by atoms with Crippen LogP contribution in [0.15, 0.2) is 28.7 Å². The molecule has 0 saturated carbocycles. The summed E-state index contributed by atoms with van der Waals surface area (Å²) in [4.78, 5) is 25.8. The van der Waals surface area contributed by atoms with Gasteiger partial charge in [-0.2, -0.15) is 0 Å². The van der Waals surface area contributed by atoms with Crippen LogP contribution >= 0.6 is 15.9 Å². The predicted molar refractivity (Wildman–Crippen MR) is 98.1 cm³/mol. The normalized spacial score (nSPS) is 19.8. The second-order valence-electron chi connectivity index (χ2n) is 7.42. The number of carbonyl (C=O) groups excluding carboxylic acids is 2. The van der Waals surface area contributed by atoms with E-state index in [1.807, 2.05) is 39.0 Å². The molecule has 2 aliphatic heterocycles. The lowest BCUT2D eigenvalue weighted by molar-refractivity contribution is 0.0197. The molecule has 2 aliphatic rings. The molecule has 1 aromatic carbocycles. The lowest BCUT2D eigenvalue weighted by Gasteiger charge is -2.32. The van der Waals surface area contributed by atoms with Crippen molar-refractivity contribution in [3.63, 3.8) is 0 Å². The molecule has 0 atom stereocenters. The van der Waals surface area contributed by atoms with Crippen LogP contribution in [0.5, 0.6) is 0 Å². The molecule has 0 N–H and O–H groups in total. The van der Waals surface area contributed by atoms with E-state index in [1.54, 1.807) is 11.0 Å². The minimum atomic E-state index is -0.481. The Labute approximate surface area is 156 Å². The fraction of sp³-hybridized carbons (Fsp3) is 0.474.